The number of carbonyl (C=O) groups is 2. The fourth-order valence-corrected chi connectivity index (χ4v) is 3.54. The number of hydrogen-bond donors (Lipinski definition) is 1. The van der Waals surface area contributed by atoms with Crippen LogP contribution in [-0.2, 0) is 11.8 Å². The maximum absolute atomic E-state index is 12.4. The van der Waals surface area contributed by atoms with Gasteiger partial charge in [0.2, 0.25) is 0 Å². The van der Waals surface area contributed by atoms with Gasteiger partial charge in [-0.1, -0.05) is 19.1 Å². The topological polar surface area (TPSA) is 88.3 Å². The van der Waals surface area contributed by atoms with Crippen molar-refractivity contribution in [2.75, 3.05) is 5.75 Å². The van der Waals surface area contributed by atoms with Gasteiger partial charge in [0.1, 0.15) is 6.04 Å². The number of aryl methyl sites for hydroxylation is 1. The first-order chi connectivity index (χ1) is 8.91. The summed E-state index contributed by atoms with van der Waals surface area (Å²) in [6.07, 6.45) is 1.50. The SMILES string of the molecule is CC(C)C1SCC(C(=O)O)N1C(=O)c1cn(C)nn1. The van der Waals surface area contributed by atoms with Crippen LogP contribution in [0.2, 0.25) is 0 Å². The molecule has 0 bridgehead atoms. The molecule has 2 atom stereocenters. The number of carboxylic acids is 1. The highest BCUT2D eigenvalue weighted by molar-refractivity contribution is 8.00. The van der Waals surface area contributed by atoms with Gasteiger partial charge in [-0.25, -0.2) is 4.79 Å². The average Bonchev–Trinajstić information content (AvgIpc) is 2.93. The van der Waals surface area contributed by atoms with Crippen molar-refractivity contribution < 1.29 is 14.7 Å². The van der Waals surface area contributed by atoms with Gasteiger partial charge in [0, 0.05) is 12.8 Å². The van der Waals surface area contributed by atoms with Crippen molar-refractivity contribution in [2.24, 2.45) is 13.0 Å². The Kier molecular flexibility index (Phi) is 3.79. The monoisotopic (exact) mass is 284 g/mol. The fourth-order valence-electron chi connectivity index (χ4n) is 2.07. The van der Waals surface area contributed by atoms with Crippen molar-refractivity contribution in [2.45, 2.75) is 25.3 Å². The molecule has 7 nitrogen and oxygen atoms in total. The number of carbonyl (C=O) groups excluding carboxylic acids is 1. The van der Waals surface area contributed by atoms with Crippen LogP contribution in [0.1, 0.15) is 24.3 Å². The maximum Gasteiger partial charge on any atom is 0.327 e. The van der Waals surface area contributed by atoms with Gasteiger partial charge in [-0.2, -0.15) is 0 Å². The van der Waals surface area contributed by atoms with Gasteiger partial charge in [-0.3, -0.25) is 9.48 Å². The lowest BCUT2D eigenvalue weighted by Crippen LogP contribution is -2.47. The van der Waals surface area contributed by atoms with E-state index in [4.69, 9.17) is 0 Å². The standard InChI is InChI=1S/C11H16N4O3S/c1-6(2)10-15(8(5-19-10)11(17)18)9(16)7-4-14(3)13-12-7/h4,6,8,10H,5H2,1-3H3,(H,17,18). The molecule has 1 N–H and O–H groups in total. The van der Waals surface area contributed by atoms with Crippen molar-refractivity contribution in [1.29, 1.82) is 0 Å². The average molecular weight is 284 g/mol. The van der Waals surface area contributed by atoms with Crippen LogP contribution < -0.4 is 0 Å². The minimum Gasteiger partial charge on any atom is -0.480 e. The molecule has 0 saturated carbocycles. The fraction of sp³-hybridized carbons (Fsp3) is 0.636. The summed E-state index contributed by atoms with van der Waals surface area (Å²) in [5, 5.41) is 16.6. The first-order valence-electron chi connectivity index (χ1n) is 5.95. The highest BCUT2D eigenvalue weighted by Gasteiger charge is 2.43. The molecule has 1 saturated heterocycles. The summed E-state index contributed by atoms with van der Waals surface area (Å²) in [5.74, 6) is -0.767. The van der Waals surface area contributed by atoms with Crippen LogP contribution in [0.5, 0.6) is 0 Å². The van der Waals surface area contributed by atoms with Crippen LogP contribution in [0.3, 0.4) is 0 Å². The Morgan fingerprint density at radius 3 is 2.68 bits per heavy atom. The van der Waals surface area contributed by atoms with Crippen LogP contribution in [0.25, 0.3) is 0 Å². The Morgan fingerprint density at radius 2 is 2.21 bits per heavy atom. The maximum atomic E-state index is 12.4. The molecule has 0 radical (unpaired) electrons. The molecule has 1 aliphatic heterocycles. The van der Waals surface area contributed by atoms with Crippen molar-refractivity contribution in [3.63, 3.8) is 0 Å². The molecule has 2 rings (SSSR count). The normalized spacial score (nSPS) is 23.1. The second-order valence-electron chi connectivity index (χ2n) is 4.81. The smallest absolute Gasteiger partial charge is 0.327 e. The zero-order valence-electron chi connectivity index (χ0n) is 11.0. The van der Waals surface area contributed by atoms with Crippen LogP contribution in [0.15, 0.2) is 6.20 Å². The number of amides is 1. The number of rotatable bonds is 3. The summed E-state index contributed by atoms with van der Waals surface area (Å²) >= 11 is 1.49. The van der Waals surface area contributed by atoms with Gasteiger partial charge in [0.05, 0.1) is 11.6 Å². The second-order valence-corrected chi connectivity index (χ2v) is 5.96. The Morgan fingerprint density at radius 1 is 1.53 bits per heavy atom. The first-order valence-corrected chi connectivity index (χ1v) is 7.00. The number of hydrogen-bond acceptors (Lipinski definition) is 5. The third-order valence-electron chi connectivity index (χ3n) is 2.95. The van der Waals surface area contributed by atoms with E-state index in [2.05, 4.69) is 10.3 Å². The molecule has 0 aliphatic carbocycles. The number of aromatic nitrogens is 3. The van der Waals surface area contributed by atoms with Gasteiger partial charge in [-0.15, -0.1) is 16.9 Å². The Labute approximate surface area is 115 Å². The highest BCUT2D eigenvalue weighted by Crippen LogP contribution is 2.34. The van der Waals surface area contributed by atoms with Gasteiger partial charge >= 0.3 is 5.97 Å². The van der Waals surface area contributed by atoms with Crippen molar-refractivity contribution in [3.8, 4) is 0 Å². The predicted octanol–water partition coefficient (Wildman–Crippen LogP) is 0.439. The molecular weight excluding hydrogens is 268 g/mol. The molecule has 19 heavy (non-hydrogen) atoms. The molecule has 2 unspecified atom stereocenters. The molecule has 0 aromatic carbocycles. The summed E-state index contributed by atoms with van der Waals surface area (Å²) in [5.41, 5.74) is 0.182. The number of thioether (sulfide) groups is 1. The first kappa shape index (κ1) is 13.9. The largest absolute Gasteiger partial charge is 0.480 e. The number of aliphatic carboxylic acids is 1. The van der Waals surface area contributed by atoms with E-state index in [1.54, 1.807) is 7.05 Å². The Bertz CT molecular complexity index is 502. The minimum absolute atomic E-state index is 0.143. The van der Waals surface area contributed by atoms with Crippen LogP contribution in [0.4, 0.5) is 0 Å². The van der Waals surface area contributed by atoms with Crippen LogP contribution in [-0.4, -0.2) is 54.0 Å². The second kappa shape index (κ2) is 5.20. The molecule has 1 aromatic heterocycles. The molecule has 1 amide bonds. The lowest BCUT2D eigenvalue weighted by molar-refractivity contribution is -0.141. The predicted molar refractivity (Wildman–Crippen MR) is 69.7 cm³/mol. The minimum atomic E-state index is -0.979. The van der Waals surface area contributed by atoms with Gasteiger partial charge < -0.3 is 10.0 Å². The third-order valence-corrected chi connectivity index (χ3v) is 4.57. The molecule has 104 valence electrons. The van der Waals surface area contributed by atoms with Crippen LogP contribution >= 0.6 is 11.8 Å². The highest BCUT2D eigenvalue weighted by atomic mass is 32.2. The summed E-state index contributed by atoms with van der Waals surface area (Å²) in [7, 11) is 1.66. The van der Waals surface area contributed by atoms with Crippen LogP contribution in [0, 0.1) is 5.92 Å². The molecule has 1 aliphatic rings. The molecule has 0 spiro atoms. The zero-order chi connectivity index (χ0) is 14.2. The van der Waals surface area contributed by atoms with E-state index in [0.717, 1.165) is 0 Å². The zero-order valence-corrected chi connectivity index (χ0v) is 11.8. The molecule has 1 aromatic rings. The van der Waals surface area contributed by atoms with E-state index in [1.807, 2.05) is 13.8 Å². The molecule has 8 heteroatoms. The van der Waals surface area contributed by atoms with E-state index < -0.39 is 12.0 Å². The Balaban J connectivity index is 2.30. The van der Waals surface area contributed by atoms with Gasteiger partial charge in [-0.05, 0) is 5.92 Å². The van der Waals surface area contributed by atoms with Gasteiger partial charge in [0.15, 0.2) is 5.69 Å². The van der Waals surface area contributed by atoms with Gasteiger partial charge in [0.25, 0.3) is 5.91 Å². The molecule has 2 heterocycles. The third kappa shape index (κ3) is 2.58. The van der Waals surface area contributed by atoms with E-state index >= 15 is 0 Å². The van der Waals surface area contributed by atoms with E-state index in [0.29, 0.717) is 5.75 Å². The van der Waals surface area contributed by atoms with E-state index in [1.165, 1.54) is 27.5 Å². The quantitative estimate of drug-likeness (QED) is 0.866. The van der Waals surface area contributed by atoms with E-state index in [9.17, 15) is 14.7 Å². The summed E-state index contributed by atoms with van der Waals surface area (Å²) < 4.78 is 1.43. The number of carboxylic acid groups (broad SMARTS) is 1. The summed E-state index contributed by atoms with van der Waals surface area (Å²) in [6, 6.07) is -0.799. The molecular formula is C11H16N4O3S. The Hall–Kier alpha value is -1.57. The molecule has 1 fully saturated rings. The summed E-state index contributed by atoms with van der Waals surface area (Å²) in [4.78, 5) is 25.1. The lowest BCUT2D eigenvalue weighted by Gasteiger charge is -2.28. The van der Waals surface area contributed by atoms with E-state index in [-0.39, 0.29) is 22.9 Å². The van der Waals surface area contributed by atoms with Crippen molar-refractivity contribution in [3.05, 3.63) is 11.9 Å². The summed E-state index contributed by atoms with van der Waals surface area (Å²) in [6.45, 7) is 3.94. The lowest BCUT2D eigenvalue weighted by atomic mass is 10.1. The van der Waals surface area contributed by atoms with Crippen molar-refractivity contribution in [1.82, 2.24) is 19.9 Å². The number of nitrogens with zero attached hydrogens (tertiary/aromatic N) is 4. The van der Waals surface area contributed by atoms with Crippen molar-refractivity contribution >= 4 is 23.6 Å².